The van der Waals surface area contributed by atoms with Crippen molar-refractivity contribution in [3.05, 3.63) is 95.6 Å². The van der Waals surface area contributed by atoms with Crippen molar-refractivity contribution in [2.45, 2.75) is 26.9 Å². The average Bonchev–Trinajstić information content (AvgIpc) is 2.68. The summed E-state index contributed by atoms with van der Waals surface area (Å²) in [5, 5.41) is 0. The van der Waals surface area contributed by atoms with E-state index in [1.165, 1.54) is 5.56 Å². The van der Waals surface area contributed by atoms with E-state index in [1.807, 2.05) is 18.2 Å². The first-order valence-corrected chi connectivity index (χ1v) is 9.18. The number of benzene rings is 3. The van der Waals surface area contributed by atoms with Gasteiger partial charge in [-0.1, -0.05) is 56.3 Å². The lowest BCUT2D eigenvalue weighted by Crippen LogP contribution is -2.08. The standard InChI is InChI=1S/C24H24O3/c1-18(2)16-19-8-10-20(11-9-19)17-26-22-14-12-21(13-15-22)24(25)27-23-6-4-3-5-7-23/h3-15,18H,16-17H2,1-2H3. The molecule has 0 radical (unpaired) electrons. The molecular weight excluding hydrogens is 336 g/mol. The van der Waals surface area contributed by atoms with E-state index >= 15 is 0 Å². The predicted octanol–water partition coefficient (Wildman–Crippen LogP) is 5.68. The number of hydrogen-bond donors (Lipinski definition) is 0. The zero-order valence-corrected chi connectivity index (χ0v) is 15.7. The van der Waals surface area contributed by atoms with Crippen molar-refractivity contribution in [3.63, 3.8) is 0 Å². The Kier molecular flexibility index (Phi) is 6.26. The van der Waals surface area contributed by atoms with Crippen LogP contribution in [0.25, 0.3) is 0 Å². The molecule has 0 heterocycles. The molecule has 0 aliphatic carbocycles. The molecule has 0 amide bonds. The van der Waals surface area contributed by atoms with E-state index in [0.29, 0.717) is 23.8 Å². The Labute approximate surface area is 160 Å². The topological polar surface area (TPSA) is 35.5 Å². The highest BCUT2D eigenvalue weighted by Crippen LogP contribution is 2.17. The summed E-state index contributed by atoms with van der Waals surface area (Å²) in [4.78, 5) is 12.1. The van der Waals surface area contributed by atoms with Gasteiger partial charge in [-0.05, 0) is 59.9 Å². The van der Waals surface area contributed by atoms with E-state index in [0.717, 1.165) is 17.7 Å². The number of hydrogen-bond acceptors (Lipinski definition) is 3. The second kappa shape index (κ2) is 9.04. The zero-order valence-electron chi connectivity index (χ0n) is 15.7. The number of para-hydroxylation sites is 1. The summed E-state index contributed by atoms with van der Waals surface area (Å²) in [6, 6.07) is 24.5. The van der Waals surface area contributed by atoms with Crippen LogP contribution in [0, 0.1) is 5.92 Å². The van der Waals surface area contributed by atoms with Crippen LogP contribution in [0.4, 0.5) is 0 Å². The first kappa shape index (κ1) is 18.7. The van der Waals surface area contributed by atoms with Gasteiger partial charge in [0.2, 0.25) is 0 Å². The van der Waals surface area contributed by atoms with Crippen molar-refractivity contribution in [1.82, 2.24) is 0 Å². The fourth-order valence-corrected chi connectivity index (χ4v) is 2.75. The van der Waals surface area contributed by atoms with Gasteiger partial charge in [0.25, 0.3) is 0 Å². The second-order valence-corrected chi connectivity index (χ2v) is 6.93. The van der Waals surface area contributed by atoms with Crippen molar-refractivity contribution in [2.24, 2.45) is 5.92 Å². The molecule has 0 aliphatic heterocycles. The van der Waals surface area contributed by atoms with E-state index < -0.39 is 0 Å². The molecule has 138 valence electrons. The Balaban J connectivity index is 1.53. The number of carbonyl (C=O) groups is 1. The SMILES string of the molecule is CC(C)Cc1ccc(COc2ccc(C(=O)Oc3ccccc3)cc2)cc1. The van der Waals surface area contributed by atoms with Crippen molar-refractivity contribution in [2.75, 3.05) is 0 Å². The highest BCUT2D eigenvalue weighted by Gasteiger charge is 2.08. The quantitative estimate of drug-likeness (QED) is 0.401. The van der Waals surface area contributed by atoms with Gasteiger partial charge in [0.05, 0.1) is 5.56 Å². The molecule has 0 N–H and O–H groups in total. The van der Waals surface area contributed by atoms with E-state index in [4.69, 9.17) is 9.47 Å². The molecule has 3 aromatic carbocycles. The summed E-state index contributed by atoms with van der Waals surface area (Å²) in [5.74, 6) is 1.52. The Morgan fingerprint density at radius 3 is 2.04 bits per heavy atom. The molecule has 0 atom stereocenters. The lowest BCUT2D eigenvalue weighted by atomic mass is 10.0. The van der Waals surface area contributed by atoms with Crippen LogP contribution in [0.2, 0.25) is 0 Å². The average molecular weight is 360 g/mol. The first-order chi connectivity index (χ1) is 13.1. The summed E-state index contributed by atoms with van der Waals surface area (Å²) in [5.41, 5.74) is 2.95. The zero-order chi connectivity index (χ0) is 19.1. The molecule has 27 heavy (non-hydrogen) atoms. The molecule has 0 fully saturated rings. The molecule has 0 aromatic heterocycles. The van der Waals surface area contributed by atoms with Crippen LogP contribution in [0.15, 0.2) is 78.9 Å². The fourth-order valence-electron chi connectivity index (χ4n) is 2.75. The smallest absolute Gasteiger partial charge is 0.343 e. The molecule has 0 bridgehead atoms. The fraction of sp³-hybridized carbons (Fsp3) is 0.208. The Bertz CT molecular complexity index is 850. The third-order valence-corrected chi connectivity index (χ3v) is 4.12. The summed E-state index contributed by atoms with van der Waals surface area (Å²) < 4.78 is 11.1. The highest BCUT2D eigenvalue weighted by molar-refractivity contribution is 5.91. The maximum atomic E-state index is 12.1. The lowest BCUT2D eigenvalue weighted by Gasteiger charge is -2.09. The number of carbonyl (C=O) groups excluding carboxylic acids is 1. The van der Waals surface area contributed by atoms with Crippen LogP contribution >= 0.6 is 0 Å². The Morgan fingerprint density at radius 2 is 1.41 bits per heavy atom. The minimum atomic E-state index is -0.381. The van der Waals surface area contributed by atoms with Crippen molar-refractivity contribution in [1.29, 1.82) is 0 Å². The van der Waals surface area contributed by atoms with Gasteiger partial charge in [0.1, 0.15) is 18.1 Å². The summed E-state index contributed by atoms with van der Waals surface area (Å²) in [7, 11) is 0. The second-order valence-electron chi connectivity index (χ2n) is 6.93. The summed E-state index contributed by atoms with van der Waals surface area (Å²) in [6.07, 6.45) is 1.09. The van der Waals surface area contributed by atoms with Crippen LogP contribution in [-0.4, -0.2) is 5.97 Å². The van der Waals surface area contributed by atoms with Crippen LogP contribution < -0.4 is 9.47 Å². The normalized spacial score (nSPS) is 10.6. The molecule has 0 spiro atoms. The van der Waals surface area contributed by atoms with Gasteiger partial charge in [-0.25, -0.2) is 4.79 Å². The third kappa shape index (κ3) is 5.71. The largest absolute Gasteiger partial charge is 0.489 e. The maximum absolute atomic E-state index is 12.1. The molecule has 3 nitrogen and oxygen atoms in total. The maximum Gasteiger partial charge on any atom is 0.343 e. The molecule has 3 heteroatoms. The van der Waals surface area contributed by atoms with Gasteiger partial charge < -0.3 is 9.47 Å². The van der Waals surface area contributed by atoms with Crippen molar-refractivity contribution in [3.8, 4) is 11.5 Å². The molecule has 0 saturated heterocycles. The van der Waals surface area contributed by atoms with Gasteiger partial charge in [0, 0.05) is 0 Å². The Hall–Kier alpha value is -3.07. The number of rotatable bonds is 7. The van der Waals surface area contributed by atoms with Gasteiger partial charge in [0.15, 0.2) is 0 Å². The van der Waals surface area contributed by atoms with E-state index in [2.05, 4.69) is 38.1 Å². The minimum Gasteiger partial charge on any atom is -0.489 e. The molecule has 0 aliphatic rings. The highest BCUT2D eigenvalue weighted by atomic mass is 16.5. The van der Waals surface area contributed by atoms with Gasteiger partial charge in [-0.2, -0.15) is 0 Å². The summed E-state index contributed by atoms with van der Waals surface area (Å²) >= 11 is 0. The minimum absolute atomic E-state index is 0.381. The first-order valence-electron chi connectivity index (χ1n) is 9.18. The van der Waals surface area contributed by atoms with Crippen molar-refractivity contribution >= 4 is 5.97 Å². The lowest BCUT2D eigenvalue weighted by molar-refractivity contribution is 0.0734. The molecular formula is C24H24O3. The predicted molar refractivity (Wildman–Crippen MR) is 107 cm³/mol. The van der Waals surface area contributed by atoms with E-state index in [-0.39, 0.29) is 5.97 Å². The molecule has 3 rings (SSSR count). The monoisotopic (exact) mass is 360 g/mol. The number of ether oxygens (including phenoxy) is 2. The van der Waals surface area contributed by atoms with Crippen LogP contribution in [0.3, 0.4) is 0 Å². The number of esters is 1. The van der Waals surface area contributed by atoms with Crippen molar-refractivity contribution < 1.29 is 14.3 Å². The van der Waals surface area contributed by atoms with Gasteiger partial charge >= 0.3 is 5.97 Å². The Morgan fingerprint density at radius 1 is 0.778 bits per heavy atom. The molecule has 0 saturated carbocycles. The van der Waals surface area contributed by atoms with Crippen LogP contribution in [-0.2, 0) is 13.0 Å². The van der Waals surface area contributed by atoms with Gasteiger partial charge in [-0.3, -0.25) is 0 Å². The van der Waals surface area contributed by atoms with E-state index in [1.54, 1.807) is 36.4 Å². The third-order valence-electron chi connectivity index (χ3n) is 4.12. The molecule has 0 unspecified atom stereocenters. The van der Waals surface area contributed by atoms with Crippen LogP contribution in [0.1, 0.15) is 35.3 Å². The van der Waals surface area contributed by atoms with Crippen LogP contribution in [0.5, 0.6) is 11.5 Å². The van der Waals surface area contributed by atoms with E-state index in [9.17, 15) is 4.79 Å². The molecule has 3 aromatic rings. The van der Waals surface area contributed by atoms with Gasteiger partial charge in [-0.15, -0.1) is 0 Å². The summed E-state index contributed by atoms with van der Waals surface area (Å²) in [6.45, 7) is 4.93.